The van der Waals surface area contributed by atoms with Crippen LogP contribution in [0.3, 0.4) is 0 Å². The summed E-state index contributed by atoms with van der Waals surface area (Å²) in [5.74, 6) is -1.47. The number of ether oxygens (including phenoxy) is 2. The van der Waals surface area contributed by atoms with Crippen LogP contribution < -0.4 is 14.6 Å². The summed E-state index contributed by atoms with van der Waals surface area (Å²) in [6.45, 7) is 5.20. The lowest BCUT2D eigenvalue weighted by atomic mass is 10.0. The van der Waals surface area contributed by atoms with Crippen molar-refractivity contribution in [3.63, 3.8) is 0 Å². The first-order chi connectivity index (χ1) is 20.7. The number of hydrogen-bond acceptors (Lipinski definition) is 10. The van der Waals surface area contributed by atoms with E-state index >= 15 is 0 Å². The smallest absolute Gasteiger partial charge is 0.435 e. The molecule has 0 saturated carbocycles. The van der Waals surface area contributed by atoms with E-state index in [4.69, 9.17) is 14.2 Å². The Morgan fingerprint density at radius 3 is 2.39 bits per heavy atom. The topological polar surface area (TPSA) is 152 Å². The Kier molecular flexibility index (Phi) is 8.11. The van der Waals surface area contributed by atoms with Crippen molar-refractivity contribution in [1.82, 2.24) is 24.5 Å². The second-order valence-electron chi connectivity index (χ2n) is 9.77. The van der Waals surface area contributed by atoms with Crippen molar-refractivity contribution in [3.05, 3.63) is 65.9 Å². The van der Waals surface area contributed by atoms with Gasteiger partial charge in [-0.05, 0) is 44.2 Å². The van der Waals surface area contributed by atoms with Gasteiger partial charge in [0.2, 0.25) is 5.91 Å². The summed E-state index contributed by atoms with van der Waals surface area (Å²) in [4.78, 5) is 30.0. The Balaban J connectivity index is 1.21. The predicted molar refractivity (Wildman–Crippen MR) is 144 cm³/mol. The van der Waals surface area contributed by atoms with E-state index in [-0.39, 0.29) is 36.0 Å². The normalized spacial score (nSPS) is 14.6. The third-order valence-corrected chi connectivity index (χ3v) is 7.83. The summed E-state index contributed by atoms with van der Waals surface area (Å²) in [5.41, 5.74) is 0.649. The number of aromatic nitrogens is 4. The van der Waals surface area contributed by atoms with E-state index in [0.29, 0.717) is 5.56 Å². The molecule has 0 aliphatic carbocycles. The zero-order valence-corrected chi connectivity index (χ0v) is 24.3. The fraction of sp³-hybridized carbons (Fsp3) is 0.346. The Morgan fingerprint density at radius 2 is 1.77 bits per heavy atom. The van der Waals surface area contributed by atoms with Crippen molar-refractivity contribution in [2.75, 3.05) is 24.7 Å². The van der Waals surface area contributed by atoms with E-state index < -0.39 is 46.2 Å². The molecule has 236 valence electrons. The first-order valence-corrected chi connectivity index (χ1v) is 14.7. The van der Waals surface area contributed by atoms with Gasteiger partial charge < -0.3 is 14.3 Å². The molecule has 1 aliphatic rings. The second-order valence-corrected chi connectivity index (χ2v) is 11.5. The zero-order chi connectivity index (χ0) is 31.8. The van der Waals surface area contributed by atoms with Crippen LogP contribution in [0.15, 0.2) is 64.1 Å². The van der Waals surface area contributed by atoms with Gasteiger partial charge in [0.25, 0.3) is 16.3 Å². The molecule has 1 amide bonds. The van der Waals surface area contributed by atoms with Crippen LogP contribution in [0.4, 0.5) is 18.0 Å². The van der Waals surface area contributed by atoms with Gasteiger partial charge in [0, 0.05) is 17.5 Å². The molecule has 0 spiro atoms. The number of aryl methyl sites for hydroxylation is 1. The van der Waals surface area contributed by atoms with E-state index in [2.05, 4.69) is 9.84 Å². The van der Waals surface area contributed by atoms with Crippen molar-refractivity contribution in [2.45, 2.75) is 38.1 Å². The number of halogens is 3. The molecule has 1 atom stereocenters. The van der Waals surface area contributed by atoms with Crippen molar-refractivity contribution in [1.29, 1.82) is 0 Å². The van der Waals surface area contributed by atoms with Crippen LogP contribution >= 0.6 is 0 Å². The highest BCUT2D eigenvalue weighted by molar-refractivity contribution is 7.90. The lowest BCUT2D eigenvalue weighted by Crippen LogP contribution is -2.58. The van der Waals surface area contributed by atoms with Crippen molar-refractivity contribution in [2.24, 2.45) is 5.92 Å². The van der Waals surface area contributed by atoms with E-state index in [9.17, 15) is 31.2 Å². The molecule has 1 aliphatic heterocycles. The number of carbonyl (C=O) groups is 2. The van der Waals surface area contributed by atoms with E-state index in [1.807, 2.05) is 11.6 Å². The average Bonchev–Trinajstić information content (AvgIpc) is 3.48. The highest BCUT2D eigenvalue weighted by atomic mass is 32.2. The molecule has 1 N–H and O–H groups in total. The lowest BCUT2D eigenvalue weighted by Gasteiger charge is -2.34. The first-order valence-electron chi connectivity index (χ1n) is 13.2. The van der Waals surface area contributed by atoms with Crippen LogP contribution in [0.2, 0.25) is 0 Å². The van der Waals surface area contributed by atoms with Crippen LogP contribution in [0, 0.1) is 12.8 Å². The van der Waals surface area contributed by atoms with Gasteiger partial charge >= 0.3 is 12.3 Å². The standard InChI is InChI=1S/C26H27F3N6O8S/c1-4-40-25(37)41-17(3)42-35-34(43-35)32-14-19(15-32)24(36)31-44(38,39)21-11-9-20(10-12-21)33-22(13-23(30-33)26(27,28)29)18-7-5-16(2)6-8-18/h5-13,17,19H,4,14-15H2,1-3H3,(H,31,36). The molecule has 14 nitrogen and oxygen atoms in total. The van der Waals surface area contributed by atoms with Crippen LogP contribution in [0.25, 0.3) is 16.9 Å². The molecule has 1 unspecified atom stereocenters. The number of sulfonamides is 1. The molecule has 2 aromatic heterocycles. The maximum atomic E-state index is 13.5. The van der Waals surface area contributed by atoms with Crippen molar-refractivity contribution >= 4 is 22.1 Å². The average molecular weight is 641 g/mol. The summed E-state index contributed by atoms with van der Waals surface area (Å²) in [6, 6.07) is 12.7. The highest BCUT2D eigenvalue weighted by Gasteiger charge is 2.40. The van der Waals surface area contributed by atoms with Gasteiger partial charge in [-0.15, -0.1) is 0 Å². The summed E-state index contributed by atoms with van der Waals surface area (Å²) in [5, 5.41) is 6.14. The van der Waals surface area contributed by atoms with Gasteiger partial charge in [0.1, 0.15) is 5.02 Å². The minimum atomic E-state index is -4.69. The number of hydrogen-bond donors (Lipinski definition) is 1. The third kappa shape index (κ3) is 6.69. The largest absolute Gasteiger partial charge is 0.511 e. The monoisotopic (exact) mass is 640 g/mol. The first kappa shape index (κ1) is 30.6. The molecule has 4 aromatic rings. The molecule has 44 heavy (non-hydrogen) atoms. The van der Waals surface area contributed by atoms with Gasteiger partial charge in [0.05, 0.1) is 41.9 Å². The molecule has 0 bridgehead atoms. The third-order valence-electron chi connectivity index (χ3n) is 6.47. The number of rotatable bonds is 10. The molecular weight excluding hydrogens is 613 g/mol. The molecule has 1 fully saturated rings. The Labute approximate surface area is 248 Å². The Bertz CT molecular complexity index is 1730. The van der Waals surface area contributed by atoms with Gasteiger partial charge in [-0.25, -0.2) is 22.6 Å². The summed E-state index contributed by atoms with van der Waals surface area (Å²) in [7, 11) is -4.30. The predicted octanol–water partition coefficient (Wildman–Crippen LogP) is 3.08. The molecule has 0 radical (unpaired) electrons. The number of benzene rings is 2. The minimum Gasteiger partial charge on any atom is -0.435 e. The van der Waals surface area contributed by atoms with E-state index in [1.54, 1.807) is 31.2 Å². The highest BCUT2D eigenvalue weighted by Crippen LogP contribution is 2.33. The fourth-order valence-corrected chi connectivity index (χ4v) is 5.19. The fourth-order valence-electron chi connectivity index (χ4n) is 4.14. The lowest BCUT2D eigenvalue weighted by molar-refractivity contribution is -0.141. The van der Waals surface area contributed by atoms with Crippen LogP contribution in [-0.4, -0.2) is 66.2 Å². The van der Waals surface area contributed by atoms with Gasteiger partial charge in [-0.2, -0.15) is 22.9 Å². The molecule has 2 aromatic carbocycles. The number of amides is 1. The van der Waals surface area contributed by atoms with Crippen LogP contribution in [0.1, 0.15) is 25.1 Å². The van der Waals surface area contributed by atoms with Gasteiger partial charge in [-0.1, -0.05) is 29.8 Å². The Morgan fingerprint density at radius 1 is 1.11 bits per heavy atom. The number of alkyl halides is 3. The number of nitrogens with one attached hydrogen (secondary N) is 1. The number of carbonyl (C=O) groups excluding carboxylic acids is 2. The summed E-state index contributed by atoms with van der Waals surface area (Å²) >= 11 is 0. The zero-order valence-electron chi connectivity index (χ0n) is 23.5. The van der Waals surface area contributed by atoms with Gasteiger partial charge in [-0.3, -0.25) is 9.80 Å². The van der Waals surface area contributed by atoms with Crippen molar-refractivity contribution in [3.8, 4) is 16.9 Å². The quantitative estimate of drug-likeness (QED) is 0.202. The second kappa shape index (κ2) is 11.7. The van der Waals surface area contributed by atoms with Crippen LogP contribution in [0.5, 0.6) is 0 Å². The molecular formula is C26H27F3N6O8S. The van der Waals surface area contributed by atoms with Gasteiger partial charge in [0.15, 0.2) is 5.69 Å². The molecule has 18 heteroatoms. The molecule has 3 heterocycles. The number of nitrogens with zero attached hydrogens (tertiary/aromatic N) is 5. The molecule has 1 saturated heterocycles. The maximum absolute atomic E-state index is 13.5. The van der Waals surface area contributed by atoms with E-state index in [1.165, 1.54) is 36.2 Å². The van der Waals surface area contributed by atoms with Crippen LogP contribution in [-0.2, 0) is 30.5 Å². The Hall–Kier alpha value is -4.87. The van der Waals surface area contributed by atoms with E-state index in [0.717, 1.165) is 26.3 Å². The summed E-state index contributed by atoms with van der Waals surface area (Å²) in [6.07, 6.45) is -6.65. The van der Waals surface area contributed by atoms with Crippen molar-refractivity contribution < 1.29 is 50.1 Å². The maximum Gasteiger partial charge on any atom is 0.511 e. The summed E-state index contributed by atoms with van der Waals surface area (Å²) < 4.78 is 83.9. The molecule has 5 rings (SSSR count). The minimum absolute atomic E-state index is 0.0931. The SMILES string of the molecule is CCOC(=O)OC(C)On1on1N1CC(C(=O)NS(=O)(=O)c2ccc(-n3nc(C(F)(F)F)cc3-c3ccc(C)cc3)cc2)C1.